The van der Waals surface area contributed by atoms with Crippen LogP contribution < -0.4 is 5.32 Å². The second-order valence-electron chi connectivity index (χ2n) is 4.58. The Bertz CT molecular complexity index is 622. The number of nitrogens with zero attached hydrogens (tertiary/aromatic N) is 1. The number of aryl methyl sites for hydroxylation is 1. The van der Waals surface area contributed by atoms with Gasteiger partial charge in [0.1, 0.15) is 11.2 Å². The number of carbonyl (C=O) groups is 3. The van der Waals surface area contributed by atoms with Crippen molar-refractivity contribution < 1.29 is 19.1 Å². The van der Waals surface area contributed by atoms with Crippen LogP contribution in [0.25, 0.3) is 0 Å². The Morgan fingerprint density at radius 1 is 1.32 bits per heavy atom. The second-order valence-corrected chi connectivity index (χ2v) is 5.44. The topological polar surface area (TPSA) is 96.3 Å². The first-order valence-corrected chi connectivity index (χ1v) is 7.35. The summed E-state index contributed by atoms with van der Waals surface area (Å²) in [6.45, 7) is 2.79. The fourth-order valence-corrected chi connectivity index (χ4v) is 2.05. The zero-order chi connectivity index (χ0) is 16.5. The molecule has 1 rings (SSSR count). The molecule has 0 spiro atoms. The molecule has 0 aliphatic carbocycles. The standard InChI is InChI=1S/C15H16N2O4S/c1-10-7-12(22-9-16)4-5-13(10)17-14(19)8-21-15(20)6-3-11(2)18/h4-5,7H,3,6,8H2,1-2H3,(H,17,19). The zero-order valence-electron chi connectivity index (χ0n) is 12.3. The number of nitriles is 1. The van der Waals surface area contributed by atoms with Gasteiger partial charge in [0.2, 0.25) is 0 Å². The average Bonchev–Trinajstić information content (AvgIpc) is 2.46. The van der Waals surface area contributed by atoms with Gasteiger partial charge in [-0.25, -0.2) is 0 Å². The largest absolute Gasteiger partial charge is 0.456 e. The molecule has 1 amide bonds. The molecule has 22 heavy (non-hydrogen) atoms. The third-order valence-corrected chi connectivity index (χ3v) is 3.26. The maximum atomic E-state index is 11.7. The quantitative estimate of drug-likeness (QED) is 0.471. The van der Waals surface area contributed by atoms with Crippen molar-refractivity contribution in [1.29, 1.82) is 5.26 Å². The number of amides is 1. The third-order valence-electron chi connectivity index (χ3n) is 2.68. The summed E-state index contributed by atoms with van der Waals surface area (Å²) in [4.78, 5) is 34.5. The molecule has 6 nitrogen and oxygen atoms in total. The minimum atomic E-state index is -0.581. The van der Waals surface area contributed by atoms with Crippen LogP contribution in [0.3, 0.4) is 0 Å². The van der Waals surface area contributed by atoms with Crippen molar-refractivity contribution >= 4 is 35.1 Å². The molecule has 0 unspecified atom stereocenters. The molecule has 0 saturated heterocycles. The van der Waals surface area contributed by atoms with E-state index in [1.807, 2.05) is 5.40 Å². The normalized spacial score (nSPS) is 9.68. The van der Waals surface area contributed by atoms with Gasteiger partial charge in [0.05, 0.1) is 6.42 Å². The van der Waals surface area contributed by atoms with Gasteiger partial charge >= 0.3 is 5.97 Å². The Balaban J connectivity index is 2.47. The molecule has 1 N–H and O–H groups in total. The summed E-state index contributed by atoms with van der Waals surface area (Å²) in [5, 5.41) is 13.2. The number of nitrogens with one attached hydrogen (secondary N) is 1. The molecule has 1 aromatic carbocycles. The lowest BCUT2D eigenvalue weighted by atomic mass is 10.2. The van der Waals surface area contributed by atoms with Crippen LogP contribution in [0.1, 0.15) is 25.3 Å². The van der Waals surface area contributed by atoms with Crippen molar-refractivity contribution in [3.05, 3.63) is 23.8 Å². The van der Waals surface area contributed by atoms with E-state index in [-0.39, 0.29) is 18.6 Å². The number of hydrogen-bond acceptors (Lipinski definition) is 6. The maximum Gasteiger partial charge on any atom is 0.306 e. The van der Waals surface area contributed by atoms with E-state index in [0.717, 1.165) is 22.2 Å². The lowest BCUT2D eigenvalue weighted by molar-refractivity contribution is -0.148. The molecule has 116 valence electrons. The fourth-order valence-electron chi connectivity index (χ4n) is 1.58. The van der Waals surface area contributed by atoms with Crippen LogP contribution in [0.5, 0.6) is 0 Å². The summed E-state index contributed by atoms with van der Waals surface area (Å²) in [6, 6.07) is 5.18. The minimum absolute atomic E-state index is 0.0261. The highest BCUT2D eigenvalue weighted by Crippen LogP contribution is 2.23. The number of ether oxygens (including phenoxy) is 1. The molecular weight excluding hydrogens is 304 g/mol. The van der Waals surface area contributed by atoms with Crippen molar-refractivity contribution in [1.82, 2.24) is 0 Å². The molecule has 0 atom stereocenters. The van der Waals surface area contributed by atoms with Crippen molar-refractivity contribution in [2.45, 2.75) is 31.6 Å². The van der Waals surface area contributed by atoms with E-state index in [0.29, 0.717) is 5.69 Å². The summed E-state index contributed by atoms with van der Waals surface area (Å²) in [5.41, 5.74) is 1.39. The number of benzene rings is 1. The molecule has 0 aliphatic heterocycles. The SMILES string of the molecule is CC(=O)CCC(=O)OCC(=O)Nc1ccc(SC#N)cc1C. The number of Topliss-reactive ketones (excluding diaryl/α,β-unsaturated/α-hetero) is 1. The molecule has 0 aliphatic rings. The van der Waals surface area contributed by atoms with Crippen molar-refractivity contribution in [3.63, 3.8) is 0 Å². The zero-order valence-corrected chi connectivity index (χ0v) is 13.2. The van der Waals surface area contributed by atoms with E-state index in [4.69, 9.17) is 10.00 Å². The number of hydrogen-bond donors (Lipinski definition) is 1. The van der Waals surface area contributed by atoms with Gasteiger partial charge in [-0.2, -0.15) is 5.26 Å². The van der Waals surface area contributed by atoms with Crippen molar-refractivity contribution in [2.24, 2.45) is 0 Å². The van der Waals surface area contributed by atoms with Gasteiger partial charge in [-0.1, -0.05) is 0 Å². The van der Waals surface area contributed by atoms with Crippen LogP contribution >= 0.6 is 11.8 Å². The van der Waals surface area contributed by atoms with Gasteiger partial charge < -0.3 is 14.8 Å². The molecule has 1 aromatic rings. The van der Waals surface area contributed by atoms with E-state index in [1.54, 1.807) is 25.1 Å². The average molecular weight is 320 g/mol. The van der Waals surface area contributed by atoms with Crippen LogP contribution in [0.2, 0.25) is 0 Å². The molecule has 0 heterocycles. The van der Waals surface area contributed by atoms with Gasteiger partial charge in [-0.3, -0.25) is 9.59 Å². The third kappa shape index (κ3) is 6.41. The van der Waals surface area contributed by atoms with E-state index >= 15 is 0 Å². The number of carbonyl (C=O) groups excluding carboxylic acids is 3. The maximum absolute atomic E-state index is 11.7. The van der Waals surface area contributed by atoms with Crippen LogP contribution in [0.15, 0.2) is 23.1 Å². The first-order valence-electron chi connectivity index (χ1n) is 6.54. The number of ketones is 1. The van der Waals surface area contributed by atoms with E-state index in [2.05, 4.69) is 5.32 Å². The highest BCUT2D eigenvalue weighted by molar-refractivity contribution is 8.03. The first kappa shape index (κ1) is 17.7. The Labute approximate surface area is 132 Å². The summed E-state index contributed by atoms with van der Waals surface area (Å²) in [7, 11) is 0. The number of thiocyanates is 1. The monoisotopic (exact) mass is 320 g/mol. The Kier molecular flexibility index (Phi) is 7.13. The van der Waals surface area contributed by atoms with Gasteiger partial charge in [0.15, 0.2) is 6.61 Å². The first-order chi connectivity index (χ1) is 10.4. The van der Waals surface area contributed by atoms with Crippen LogP contribution in [0.4, 0.5) is 5.69 Å². The van der Waals surface area contributed by atoms with E-state index < -0.39 is 18.5 Å². The Hall–Kier alpha value is -2.33. The molecule has 0 radical (unpaired) electrons. The van der Waals surface area contributed by atoms with Crippen molar-refractivity contribution in [2.75, 3.05) is 11.9 Å². The smallest absolute Gasteiger partial charge is 0.306 e. The van der Waals surface area contributed by atoms with Crippen LogP contribution in [0, 0.1) is 17.6 Å². The van der Waals surface area contributed by atoms with Crippen LogP contribution in [-0.4, -0.2) is 24.3 Å². The second kappa shape index (κ2) is 8.85. The molecule has 0 fully saturated rings. The number of esters is 1. The molecule has 7 heteroatoms. The predicted molar refractivity (Wildman–Crippen MR) is 82.2 cm³/mol. The fraction of sp³-hybridized carbons (Fsp3) is 0.333. The summed E-state index contributed by atoms with van der Waals surface area (Å²) in [5.74, 6) is -1.14. The lowest BCUT2D eigenvalue weighted by Gasteiger charge is -2.09. The minimum Gasteiger partial charge on any atom is -0.456 e. The molecule has 0 aromatic heterocycles. The Morgan fingerprint density at radius 2 is 2.05 bits per heavy atom. The van der Waals surface area contributed by atoms with Gasteiger partial charge in [-0.05, 0) is 49.4 Å². The summed E-state index contributed by atoms with van der Waals surface area (Å²) >= 11 is 1.03. The Morgan fingerprint density at radius 3 is 2.64 bits per heavy atom. The molecule has 0 saturated carbocycles. The van der Waals surface area contributed by atoms with Crippen LogP contribution in [-0.2, 0) is 19.1 Å². The molecule has 0 bridgehead atoms. The van der Waals surface area contributed by atoms with Gasteiger partial charge in [-0.15, -0.1) is 0 Å². The van der Waals surface area contributed by atoms with Crippen molar-refractivity contribution in [3.8, 4) is 5.40 Å². The van der Waals surface area contributed by atoms with E-state index in [1.165, 1.54) is 6.92 Å². The predicted octanol–water partition coefficient (Wildman–Crippen LogP) is 2.42. The lowest BCUT2D eigenvalue weighted by Crippen LogP contribution is -2.21. The van der Waals surface area contributed by atoms with Gasteiger partial charge in [0.25, 0.3) is 5.91 Å². The van der Waals surface area contributed by atoms with Gasteiger partial charge in [0, 0.05) is 17.0 Å². The summed E-state index contributed by atoms with van der Waals surface area (Å²) in [6.07, 6.45) is 0.0826. The highest BCUT2D eigenvalue weighted by atomic mass is 32.2. The number of thioether (sulfide) groups is 1. The number of rotatable bonds is 7. The molecular formula is C15H16N2O4S. The van der Waals surface area contributed by atoms with E-state index in [9.17, 15) is 14.4 Å². The highest BCUT2D eigenvalue weighted by Gasteiger charge is 2.10. The summed E-state index contributed by atoms with van der Waals surface area (Å²) < 4.78 is 4.78. The number of anilines is 1.